The highest BCUT2D eigenvalue weighted by molar-refractivity contribution is 5.77. The van der Waals surface area contributed by atoms with E-state index in [-0.39, 0.29) is 19.2 Å². The molecule has 1 heterocycles. The van der Waals surface area contributed by atoms with Crippen LogP contribution in [0, 0.1) is 18.3 Å². The van der Waals surface area contributed by atoms with E-state index >= 15 is 0 Å². The Morgan fingerprint density at radius 1 is 1.56 bits per heavy atom. The number of nitrogens with zero attached hydrogens (tertiary/aromatic N) is 1. The number of terminal acetylenes is 1. The molecule has 0 bridgehead atoms. The summed E-state index contributed by atoms with van der Waals surface area (Å²) in [6.45, 7) is 0.888. The van der Waals surface area contributed by atoms with Crippen LogP contribution in [0.4, 0.5) is 4.79 Å². The van der Waals surface area contributed by atoms with Gasteiger partial charge in [0, 0.05) is 20.0 Å². The summed E-state index contributed by atoms with van der Waals surface area (Å²) in [4.78, 5) is 24.1. The van der Waals surface area contributed by atoms with E-state index < -0.39 is 17.9 Å². The van der Waals surface area contributed by atoms with Crippen molar-refractivity contribution in [3.63, 3.8) is 0 Å². The number of carbonyl (C=O) groups is 2. The number of rotatable bonds is 5. The van der Waals surface area contributed by atoms with Crippen LogP contribution >= 0.6 is 0 Å². The smallest absolute Gasteiger partial charge is 0.317 e. The van der Waals surface area contributed by atoms with Gasteiger partial charge in [-0.15, -0.1) is 12.3 Å². The second kappa shape index (κ2) is 6.87. The number of likely N-dealkylation sites (N-methyl/N-ethyl adjacent to an activating group) is 1. The Morgan fingerprint density at radius 2 is 2.28 bits per heavy atom. The van der Waals surface area contributed by atoms with Gasteiger partial charge < -0.3 is 20.1 Å². The van der Waals surface area contributed by atoms with Gasteiger partial charge in [-0.25, -0.2) is 4.79 Å². The van der Waals surface area contributed by atoms with Crippen molar-refractivity contribution in [1.29, 1.82) is 0 Å². The summed E-state index contributed by atoms with van der Waals surface area (Å²) in [5.74, 6) is 0.884. The first-order valence-corrected chi connectivity index (χ1v) is 5.82. The predicted molar refractivity (Wildman–Crippen MR) is 65.0 cm³/mol. The molecule has 0 radical (unpaired) electrons. The molecule has 2 unspecified atom stereocenters. The highest BCUT2D eigenvalue weighted by atomic mass is 16.5. The van der Waals surface area contributed by atoms with Crippen LogP contribution in [0.2, 0.25) is 0 Å². The highest BCUT2D eigenvalue weighted by Crippen LogP contribution is 2.18. The van der Waals surface area contributed by atoms with Crippen LogP contribution in [0.25, 0.3) is 0 Å². The highest BCUT2D eigenvalue weighted by Gasteiger charge is 2.38. The van der Waals surface area contributed by atoms with Crippen LogP contribution in [0.15, 0.2) is 0 Å². The number of amides is 2. The first kappa shape index (κ1) is 14.3. The normalized spacial score (nSPS) is 22.2. The van der Waals surface area contributed by atoms with Gasteiger partial charge in [-0.1, -0.05) is 0 Å². The molecule has 0 aromatic rings. The summed E-state index contributed by atoms with van der Waals surface area (Å²) >= 11 is 0. The van der Waals surface area contributed by atoms with Gasteiger partial charge in [0.05, 0.1) is 19.3 Å². The fourth-order valence-corrected chi connectivity index (χ4v) is 1.82. The Morgan fingerprint density at radius 3 is 2.89 bits per heavy atom. The van der Waals surface area contributed by atoms with Crippen LogP contribution in [0.1, 0.15) is 12.8 Å². The van der Waals surface area contributed by atoms with E-state index in [0.29, 0.717) is 19.4 Å². The molecule has 2 amide bonds. The second-order valence-electron chi connectivity index (χ2n) is 4.20. The molecular weight excluding hydrogens is 236 g/mol. The number of hydrogen-bond acceptors (Lipinski definition) is 3. The maximum Gasteiger partial charge on any atom is 0.317 e. The van der Waals surface area contributed by atoms with Crippen molar-refractivity contribution < 1.29 is 19.4 Å². The summed E-state index contributed by atoms with van der Waals surface area (Å²) in [5.41, 5.74) is 0. The third-order valence-corrected chi connectivity index (χ3v) is 2.96. The van der Waals surface area contributed by atoms with Gasteiger partial charge >= 0.3 is 12.0 Å². The molecule has 0 spiro atoms. The first-order chi connectivity index (χ1) is 8.57. The van der Waals surface area contributed by atoms with Crippen molar-refractivity contribution >= 4 is 12.0 Å². The molecule has 2 atom stereocenters. The molecule has 0 aromatic carbocycles. The minimum atomic E-state index is -0.940. The molecular formula is C12H18N2O4. The van der Waals surface area contributed by atoms with Gasteiger partial charge in [-0.3, -0.25) is 4.79 Å². The quantitative estimate of drug-likeness (QED) is 0.540. The molecule has 0 aromatic heterocycles. The molecule has 1 saturated heterocycles. The summed E-state index contributed by atoms with van der Waals surface area (Å²) in [5, 5.41) is 11.7. The summed E-state index contributed by atoms with van der Waals surface area (Å²) < 4.78 is 5.12. The van der Waals surface area contributed by atoms with Crippen molar-refractivity contribution in [2.75, 3.05) is 26.8 Å². The van der Waals surface area contributed by atoms with Crippen molar-refractivity contribution in [2.24, 2.45) is 5.92 Å². The Kier molecular flexibility index (Phi) is 5.46. The maximum absolute atomic E-state index is 11.8. The van der Waals surface area contributed by atoms with Crippen molar-refractivity contribution in [1.82, 2.24) is 10.2 Å². The Labute approximate surface area is 106 Å². The van der Waals surface area contributed by atoms with Crippen LogP contribution in [-0.2, 0) is 9.53 Å². The number of carboxylic acids is 1. The van der Waals surface area contributed by atoms with Gasteiger partial charge in [-0.05, 0) is 6.42 Å². The fraction of sp³-hybridized carbons (Fsp3) is 0.667. The monoisotopic (exact) mass is 254 g/mol. The lowest BCUT2D eigenvalue weighted by molar-refractivity contribution is -0.142. The van der Waals surface area contributed by atoms with Crippen LogP contribution in [0.3, 0.4) is 0 Å². The lowest BCUT2D eigenvalue weighted by Gasteiger charge is -2.26. The minimum absolute atomic E-state index is 0.148. The molecule has 6 heteroatoms. The summed E-state index contributed by atoms with van der Waals surface area (Å²) in [6, 6.07) is -0.719. The Balaban J connectivity index is 2.43. The van der Waals surface area contributed by atoms with E-state index in [1.54, 1.807) is 7.05 Å². The molecule has 0 aliphatic carbocycles. The van der Waals surface area contributed by atoms with Crippen LogP contribution < -0.4 is 5.32 Å². The Hall–Kier alpha value is -1.74. The Bertz CT molecular complexity index is 350. The number of aliphatic carboxylic acids is 1. The molecule has 2 N–H and O–H groups in total. The summed E-state index contributed by atoms with van der Waals surface area (Å²) in [7, 11) is 1.58. The molecule has 1 aliphatic heterocycles. The zero-order chi connectivity index (χ0) is 13.5. The predicted octanol–water partition coefficient (Wildman–Crippen LogP) is 0.141. The van der Waals surface area contributed by atoms with E-state index in [1.807, 2.05) is 0 Å². The van der Waals surface area contributed by atoms with Crippen LogP contribution in [0.5, 0.6) is 0 Å². The van der Waals surface area contributed by atoms with Crippen molar-refractivity contribution in [3.05, 3.63) is 0 Å². The largest absolute Gasteiger partial charge is 0.481 e. The molecule has 18 heavy (non-hydrogen) atoms. The molecule has 1 rings (SSSR count). The standard InChI is InChI=1S/C12H18N2O4/c1-3-4-5-6-13-12(17)14(2)10-8-18-7-9(10)11(15)16/h1,9-10H,4-8H2,2H3,(H,13,17)(H,15,16). The molecule has 0 saturated carbocycles. The third kappa shape index (κ3) is 3.64. The van der Waals surface area contributed by atoms with E-state index in [4.69, 9.17) is 16.3 Å². The fourth-order valence-electron chi connectivity index (χ4n) is 1.82. The maximum atomic E-state index is 11.8. The number of carboxylic acid groups (broad SMARTS) is 1. The van der Waals surface area contributed by atoms with E-state index in [1.165, 1.54) is 4.90 Å². The van der Waals surface area contributed by atoms with Crippen molar-refractivity contribution in [2.45, 2.75) is 18.9 Å². The average molecular weight is 254 g/mol. The van der Waals surface area contributed by atoms with E-state index in [2.05, 4.69) is 11.2 Å². The minimum Gasteiger partial charge on any atom is -0.481 e. The third-order valence-electron chi connectivity index (χ3n) is 2.96. The number of urea groups is 1. The number of nitrogens with one attached hydrogen (secondary N) is 1. The zero-order valence-electron chi connectivity index (χ0n) is 10.4. The van der Waals surface area contributed by atoms with Crippen LogP contribution in [-0.4, -0.2) is 54.9 Å². The first-order valence-electron chi connectivity index (χ1n) is 5.82. The van der Waals surface area contributed by atoms with Gasteiger partial charge in [0.15, 0.2) is 0 Å². The van der Waals surface area contributed by atoms with Gasteiger partial charge in [0.1, 0.15) is 5.92 Å². The lowest BCUT2D eigenvalue weighted by Crippen LogP contribution is -2.48. The van der Waals surface area contributed by atoms with Gasteiger partial charge in [-0.2, -0.15) is 0 Å². The van der Waals surface area contributed by atoms with E-state index in [0.717, 1.165) is 0 Å². The topological polar surface area (TPSA) is 78.9 Å². The molecule has 100 valence electrons. The molecule has 1 aliphatic rings. The van der Waals surface area contributed by atoms with Gasteiger partial charge in [0.2, 0.25) is 0 Å². The number of ether oxygens (including phenoxy) is 1. The SMILES string of the molecule is C#CCCCNC(=O)N(C)C1COCC1C(=O)O. The van der Waals surface area contributed by atoms with Crippen molar-refractivity contribution in [3.8, 4) is 12.3 Å². The number of carbonyl (C=O) groups excluding carboxylic acids is 1. The molecule has 6 nitrogen and oxygen atoms in total. The zero-order valence-corrected chi connectivity index (χ0v) is 10.4. The second-order valence-corrected chi connectivity index (χ2v) is 4.20. The van der Waals surface area contributed by atoms with E-state index in [9.17, 15) is 9.59 Å². The number of hydrogen-bond donors (Lipinski definition) is 2. The average Bonchev–Trinajstić information content (AvgIpc) is 2.82. The van der Waals surface area contributed by atoms with Gasteiger partial charge in [0.25, 0.3) is 0 Å². The lowest BCUT2D eigenvalue weighted by atomic mass is 10.0. The summed E-state index contributed by atoms with van der Waals surface area (Å²) in [6.07, 6.45) is 6.41. The number of unbranched alkanes of at least 4 members (excludes halogenated alkanes) is 1. The molecule has 1 fully saturated rings.